The van der Waals surface area contributed by atoms with Gasteiger partial charge in [-0.2, -0.15) is 23.0 Å². The fraction of sp³-hybridized carbons (Fsp3) is 0.429. The first kappa shape index (κ1) is 18.2. The molecule has 0 bridgehead atoms. The lowest BCUT2D eigenvalue weighted by Crippen LogP contribution is -2.09. The second-order valence-electron chi connectivity index (χ2n) is 5.10. The fourth-order valence-electron chi connectivity index (χ4n) is 1.81. The summed E-state index contributed by atoms with van der Waals surface area (Å²) in [5.41, 5.74) is -1.11. The van der Waals surface area contributed by atoms with Crippen LogP contribution in [0.25, 0.3) is 5.82 Å². The molecule has 0 saturated carbocycles. The molecule has 0 spiro atoms. The van der Waals surface area contributed by atoms with Crippen LogP contribution in [-0.2, 0) is 16.0 Å². The summed E-state index contributed by atoms with van der Waals surface area (Å²) in [5, 5.41) is 3.48. The number of alkyl halides is 3. The van der Waals surface area contributed by atoms with Gasteiger partial charge in [0.05, 0.1) is 11.5 Å². The Labute approximate surface area is 137 Å². The van der Waals surface area contributed by atoms with Gasteiger partial charge in [-0.25, -0.2) is 13.4 Å². The fourth-order valence-corrected chi connectivity index (χ4v) is 2.37. The number of ether oxygens (including phenoxy) is 1. The molecular formula is C14H16F3N3O3S. The van der Waals surface area contributed by atoms with Gasteiger partial charge >= 0.3 is 6.18 Å². The van der Waals surface area contributed by atoms with Crippen molar-refractivity contribution in [3.8, 4) is 11.7 Å². The van der Waals surface area contributed by atoms with Gasteiger partial charge < -0.3 is 4.74 Å². The third-order valence-electron chi connectivity index (χ3n) is 3.08. The third-order valence-corrected chi connectivity index (χ3v) is 4.18. The molecule has 2 heterocycles. The number of nitrogens with zero attached hydrogens (tertiary/aromatic N) is 3. The molecule has 0 N–H and O–H groups in total. The van der Waals surface area contributed by atoms with E-state index in [1.54, 1.807) is 0 Å². The van der Waals surface area contributed by atoms with E-state index in [1.165, 1.54) is 12.1 Å². The number of unbranched alkanes of at least 4 members (excludes halogenated alkanes) is 1. The monoisotopic (exact) mass is 363 g/mol. The van der Waals surface area contributed by atoms with Crippen LogP contribution in [0, 0.1) is 0 Å². The molecule has 24 heavy (non-hydrogen) atoms. The summed E-state index contributed by atoms with van der Waals surface area (Å²) in [4.78, 5) is 3.83. The first-order chi connectivity index (χ1) is 11.1. The van der Waals surface area contributed by atoms with Gasteiger partial charge in [-0.05, 0) is 18.6 Å². The van der Waals surface area contributed by atoms with Gasteiger partial charge in [0.1, 0.15) is 0 Å². The van der Waals surface area contributed by atoms with Crippen LogP contribution in [0.5, 0.6) is 5.88 Å². The van der Waals surface area contributed by atoms with Crippen LogP contribution in [0.15, 0.2) is 29.3 Å². The first-order valence-electron chi connectivity index (χ1n) is 7.09. The van der Waals surface area contributed by atoms with Gasteiger partial charge in [0.25, 0.3) is 0 Å². The zero-order valence-corrected chi connectivity index (χ0v) is 13.9. The molecule has 2 aromatic heterocycles. The molecule has 0 fully saturated rings. The molecule has 0 unspecified atom stereocenters. The molecule has 6 nitrogen and oxygen atoms in total. The number of aromatic nitrogens is 3. The molecule has 132 valence electrons. The highest BCUT2D eigenvalue weighted by atomic mass is 32.2. The smallest absolute Gasteiger partial charge is 0.435 e. The third kappa shape index (κ3) is 4.25. The normalized spacial score (nSPS) is 12.4. The summed E-state index contributed by atoms with van der Waals surface area (Å²) in [5.74, 6) is -0.0696. The summed E-state index contributed by atoms with van der Waals surface area (Å²) in [6.45, 7) is 2.16. The predicted octanol–water partition coefficient (Wildman–Crippen LogP) is 2.87. The number of halogens is 3. The lowest BCUT2D eigenvalue weighted by molar-refractivity contribution is -0.141. The van der Waals surface area contributed by atoms with Crippen LogP contribution in [0.4, 0.5) is 13.2 Å². The van der Waals surface area contributed by atoms with Crippen LogP contribution in [0.3, 0.4) is 0 Å². The van der Waals surface area contributed by atoms with E-state index in [0.717, 1.165) is 29.6 Å². The average molecular weight is 363 g/mol. The highest BCUT2D eigenvalue weighted by Gasteiger charge is 2.35. The van der Waals surface area contributed by atoms with E-state index in [1.807, 2.05) is 6.92 Å². The maximum absolute atomic E-state index is 12.9. The van der Waals surface area contributed by atoms with E-state index >= 15 is 0 Å². The van der Waals surface area contributed by atoms with Gasteiger partial charge in [0, 0.05) is 18.5 Å². The standard InChI is InChI=1S/C14H16F3N3O3S/c1-3-4-7-23-13-8-11(14(15,16)17)19-20(13)12-6-5-10(9-18-12)24(2,21)22/h5-6,8-9H,3-4,7H2,1-2H3. The highest BCUT2D eigenvalue weighted by molar-refractivity contribution is 7.90. The van der Waals surface area contributed by atoms with Crippen LogP contribution in [0.1, 0.15) is 25.5 Å². The molecule has 0 aliphatic heterocycles. The van der Waals surface area contributed by atoms with Crippen molar-refractivity contribution >= 4 is 9.84 Å². The number of hydrogen-bond acceptors (Lipinski definition) is 5. The number of rotatable bonds is 6. The minimum Gasteiger partial charge on any atom is -0.478 e. The average Bonchev–Trinajstić information content (AvgIpc) is 2.91. The second kappa shape index (κ2) is 6.80. The van der Waals surface area contributed by atoms with Crippen LogP contribution in [0.2, 0.25) is 0 Å². The zero-order chi connectivity index (χ0) is 18.0. The van der Waals surface area contributed by atoms with Crippen LogP contribution in [-0.4, -0.2) is 36.0 Å². The minimum atomic E-state index is -4.62. The Morgan fingerprint density at radius 1 is 1.29 bits per heavy atom. The van der Waals surface area contributed by atoms with Crippen molar-refractivity contribution in [1.82, 2.24) is 14.8 Å². The maximum atomic E-state index is 12.9. The van der Waals surface area contributed by atoms with Crippen molar-refractivity contribution in [1.29, 1.82) is 0 Å². The summed E-state index contributed by atoms with van der Waals surface area (Å²) < 4.78 is 67.7. The molecule has 0 saturated heterocycles. The number of hydrogen-bond donors (Lipinski definition) is 0. The Kier molecular flexibility index (Phi) is 5.16. The molecule has 10 heteroatoms. The highest BCUT2D eigenvalue weighted by Crippen LogP contribution is 2.32. The minimum absolute atomic E-state index is 0.0319. The van der Waals surface area contributed by atoms with Crippen molar-refractivity contribution in [3.63, 3.8) is 0 Å². The summed E-state index contributed by atoms with van der Waals surface area (Å²) in [7, 11) is -3.45. The van der Waals surface area contributed by atoms with Crippen molar-refractivity contribution in [2.75, 3.05) is 12.9 Å². The summed E-state index contributed by atoms with van der Waals surface area (Å²) in [6.07, 6.45) is -1.05. The molecule has 0 aromatic carbocycles. The molecule has 2 aromatic rings. The second-order valence-corrected chi connectivity index (χ2v) is 7.12. The van der Waals surface area contributed by atoms with E-state index in [2.05, 4.69) is 10.1 Å². The van der Waals surface area contributed by atoms with Gasteiger partial charge in [-0.1, -0.05) is 13.3 Å². The van der Waals surface area contributed by atoms with Crippen molar-refractivity contribution in [2.24, 2.45) is 0 Å². The quantitative estimate of drug-likeness (QED) is 0.738. The van der Waals surface area contributed by atoms with E-state index in [-0.39, 0.29) is 23.2 Å². The largest absolute Gasteiger partial charge is 0.478 e. The topological polar surface area (TPSA) is 74.1 Å². The van der Waals surface area contributed by atoms with Gasteiger partial charge in [-0.15, -0.1) is 0 Å². The summed E-state index contributed by atoms with van der Waals surface area (Å²) >= 11 is 0. The Hall–Kier alpha value is -2.10. The molecule has 0 atom stereocenters. The van der Waals surface area contributed by atoms with Crippen LogP contribution < -0.4 is 4.74 Å². The Morgan fingerprint density at radius 3 is 2.50 bits per heavy atom. The molecule has 2 rings (SSSR count). The van der Waals surface area contributed by atoms with Crippen LogP contribution >= 0.6 is 0 Å². The molecule has 0 aliphatic rings. The van der Waals surface area contributed by atoms with Gasteiger partial charge in [0.2, 0.25) is 5.88 Å². The van der Waals surface area contributed by atoms with E-state index < -0.39 is 21.7 Å². The number of pyridine rings is 1. The Bertz CT molecular complexity index is 799. The van der Waals surface area contributed by atoms with Gasteiger partial charge in [0.15, 0.2) is 21.3 Å². The lowest BCUT2D eigenvalue weighted by Gasteiger charge is -2.08. The van der Waals surface area contributed by atoms with E-state index in [9.17, 15) is 21.6 Å². The van der Waals surface area contributed by atoms with Crippen molar-refractivity contribution < 1.29 is 26.3 Å². The zero-order valence-electron chi connectivity index (χ0n) is 13.0. The molecule has 0 amide bonds. The SMILES string of the molecule is CCCCOc1cc(C(F)(F)F)nn1-c1ccc(S(C)(=O)=O)cn1. The number of sulfone groups is 1. The molecular weight excluding hydrogens is 347 g/mol. The summed E-state index contributed by atoms with van der Waals surface area (Å²) in [6, 6.07) is 3.32. The Morgan fingerprint density at radius 2 is 2.00 bits per heavy atom. The molecule has 0 radical (unpaired) electrons. The Balaban J connectivity index is 2.41. The molecule has 0 aliphatic carbocycles. The lowest BCUT2D eigenvalue weighted by atomic mass is 10.4. The maximum Gasteiger partial charge on any atom is 0.435 e. The van der Waals surface area contributed by atoms with Crippen molar-refractivity contribution in [2.45, 2.75) is 30.8 Å². The first-order valence-corrected chi connectivity index (χ1v) is 8.98. The van der Waals surface area contributed by atoms with Crippen molar-refractivity contribution in [3.05, 3.63) is 30.1 Å². The van der Waals surface area contributed by atoms with E-state index in [4.69, 9.17) is 4.74 Å². The predicted molar refractivity (Wildman–Crippen MR) is 79.9 cm³/mol. The van der Waals surface area contributed by atoms with E-state index in [0.29, 0.717) is 6.42 Å². The van der Waals surface area contributed by atoms with Gasteiger partial charge in [-0.3, -0.25) is 0 Å².